The van der Waals surface area contributed by atoms with Gasteiger partial charge in [0.1, 0.15) is 23.2 Å². The van der Waals surface area contributed by atoms with Gasteiger partial charge in [-0.05, 0) is 51.9 Å². The van der Waals surface area contributed by atoms with Gasteiger partial charge < -0.3 is 9.73 Å². The van der Waals surface area contributed by atoms with Crippen LogP contribution in [0.25, 0.3) is 0 Å². The van der Waals surface area contributed by atoms with Crippen LogP contribution in [0, 0.1) is 31.1 Å². The number of nitrogens with zero attached hydrogens (tertiary/aromatic N) is 3. The molecule has 0 aromatic carbocycles. The first-order valence-corrected chi connectivity index (χ1v) is 9.70. The van der Waals surface area contributed by atoms with Crippen molar-refractivity contribution in [1.82, 2.24) is 9.88 Å². The second kappa shape index (κ2) is 9.07. The Morgan fingerprint density at radius 2 is 2.03 bits per heavy atom. The molecule has 0 atom stereocenters. The van der Waals surface area contributed by atoms with Gasteiger partial charge in [-0.3, -0.25) is 19.8 Å². The van der Waals surface area contributed by atoms with Crippen molar-refractivity contribution in [2.45, 2.75) is 26.7 Å². The summed E-state index contributed by atoms with van der Waals surface area (Å²) in [6.45, 7) is 4.96. The molecule has 0 aliphatic carbocycles. The maximum absolute atomic E-state index is 12.4. The lowest BCUT2D eigenvalue weighted by atomic mass is 9.96. The fraction of sp³-hybridized carbons (Fsp3) is 0.400. The van der Waals surface area contributed by atoms with Crippen molar-refractivity contribution in [3.63, 3.8) is 0 Å². The number of furan rings is 1. The number of carbonyl (C=O) groups is 2. The fourth-order valence-corrected chi connectivity index (χ4v) is 3.36. The van der Waals surface area contributed by atoms with Crippen LogP contribution in [0.2, 0.25) is 5.02 Å². The number of amides is 2. The van der Waals surface area contributed by atoms with E-state index in [2.05, 4.69) is 21.7 Å². The van der Waals surface area contributed by atoms with Crippen LogP contribution in [0.1, 0.15) is 29.7 Å². The lowest BCUT2D eigenvalue weighted by Gasteiger charge is -2.30. The highest BCUT2D eigenvalue weighted by atomic mass is 35.5. The molecule has 1 saturated heterocycles. The third-order valence-corrected chi connectivity index (χ3v) is 5.28. The van der Waals surface area contributed by atoms with Crippen molar-refractivity contribution in [2.24, 2.45) is 5.92 Å². The van der Waals surface area contributed by atoms with Gasteiger partial charge in [0.25, 0.3) is 0 Å². The van der Waals surface area contributed by atoms with Crippen molar-refractivity contribution >= 4 is 35.1 Å². The zero-order chi connectivity index (χ0) is 21.0. The number of hydrogen-bond acceptors (Lipinski definition) is 6. The Hall–Kier alpha value is -2.89. The largest absolute Gasteiger partial charge is 0.444 e. The number of carbonyl (C=O) groups excluding carboxylic acids is 2. The number of hydrogen-bond donors (Lipinski definition) is 2. The Kier molecular flexibility index (Phi) is 6.52. The average Bonchev–Trinajstić information content (AvgIpc) is 2.96. The van der Waals surface area contributed by atoms with Gasteiger partial charge in [-0.1, -0.05) is 11.6 Å². The van der Waals surface area contributed by atoms with E-state index in [-0.39, 0.29) is 30.2 Å². The van der Waals surface area contributed by atoms with E-state index >= 15 is 0 Å². The second-order valence-corrected chi connectivity index (χ2v) is 7.49. The minimum absolute atomic E-state index is 0.0795. The molecule has 1 aliphatic heterocycles. The fourth-order valence-electron chi connectivity index (χ4n) is 3.25. The number of aromatic nitrogens is 1. The summed E-state index contributed by atoms with van der Waals surface area (Å²) in [4.78, 5) is 30.8. The van der Waals surface area contributed by atoms with Gasteiger partial charge in [0.05, 0.1) is 11.6 Å². The standard InChI is InChI=1S/C20H22ClN5O3/c1-12-13(2)29-20(16(12)9-22)25-18(27)11-26-7-5-14(6-8-26)19(28)24-17-4-3-15(21)10-23-17/h3-4,10,14H,5-8,11H2,1-2H3,(H,25,27)(H,23,24,28). The molecule has 9 heteroatoms. The number of nitriles is 1. The van der Waals surface area contributed by atoms with Gasteiger partial charge in [0, 0.05) is 17.7 Å². The smallest absolute Gasteiger partial charge is 0.240 e. The molecule has 3 heterocycles. The topological polar surface area (TPSA) is 111 Å². The first kappa shape index (κ1) is 20.8. The van der Waals surface area contributed by atoms with Crippen molar-refractivity contribution in [1.29, 1.82) is 5.26 Å². The van der Waals surface area contributed by atoms with E-state index in [9.17, 15) is 14.9 Å². The molecule has 0 saturated carbocycles. The third kappa shape index (κ3) is 5.13. The number of likely N-dealkylation sites (tertiary alicyclic amines) is 1. The summed E-state index contributed by atoms with van der Waals surface area (Å²) >= 11 is 5.80. The molecule has 8 nitrogen and oxygen atoms in total. The Labute approximate surface area is 173 Å². The molecule has 3 rings (SSSR count). The van der Waals surface area contributed by atoms with Crippen molar-refractivity contribution in [2.75, 3.05) is 30.3 Å². The lowest BCUT2D eigenvalue weighted by Crippen LogP contribution is -2.41. The molecular weight excluding hydrogens is 394 g/mol. The predicted octanol–water partition coefficient (Wildman–Crippen LogP) is 3.11. The molecule has 2 amide bonds. The van der Waals surface area contributed by atoms with E-state index in [0.29, 0.717) is 48.1 Å². The number of anilines is 2. The third-order valence-electron chi connectivity index (χ3n) is 5.05. The van der Waals surface area contributed by atoms with Gasteiger partial charge in [0.15, 0.2) is 0 Å². The minimum atomic E-state index is -0.247. The molecule has 152 valence electrons. The summed E-state index contributed by atoms with van der Waals surface area (Å²) in [5, 5.41) is 15.2. The van der Waals surface area contributed by atoms with Gasteiger partial charge in [-0.2, -0.15) is 5.26 Å². The number of pyridine rings is 1. The van der Waals surface area contributed by atoms with Gasteiger partial charge >= 0.3 is 0 Å². The normalized spacial score (nSPS) is 15.0. The average molecular weight is 416 g/mol. The summed E-state index contributed by atoms with van der Waals surface area (Å²) in [5.41, 5.74) is 1.08. The van der Waals surface area contributed by atoms with Crippen LogP contribution in [0.15, 0.2) is 22.7 Å². The van der Waals surface area contributed by atoms with E-state index in [0.717, 1.165) is 5.56 Å². The monoisotopic (exact) mass is 415 g/mol. The molecule has 1 fully saturated rings. The van der Waals surface area contributed by atoms with Gasteiger partial charge in [0.2, 0.25) is 17.7 Å². The maximum Gasteiger partial charge on any atom is 0.240 e. The van der Waals surface area contributed by atoms with Gasteiger partial charge in [-0.25, -0.2) is 4.98 Å². The van der Waals surface area contributed by atoms with Crippen LogP contribution in [0.3, 0.4) is 0 Å². The number of rotatable bonds is 5. The highest BCUT2D eigenvalue weighted by molar-refractivity contribution is 6.30. The molecular formula is C20H22ClN5O3. The second-order valence-electron chi connectivity index (χ2n) is 7.05. The van der Waals surface area contributed by atoms with Crippen molar-refractivity contribution < 1.29 is 14.0 Å². The van der Waals surface area contributed by atoms with E-state index < -0.39 is 0 Å². The summed E-state index contributed by atoms with van der Waals surface area (Å²) in [7, 11) is 0. The van der Waals surface area contributed by atoms with Crippen LogP contribution < -0.4 is 10.6 Å². The zero-order valence-corrected chi connectivity index (χ0v) is 17.0. The van der Waals surface area contributed by atoms with Crippen LogP contribution in [0.4, 0.5) is 11.7 Å². The molecule has 0 spiro atoms. The van der Waals surface area contributed by atoms with E-state index in [1.807, 2.05) is 4.90 Å². The van der Waals surface area contributed by atoms with Crippen molar-refractivity contribution in [3.05, 3.63) is 40.2 Å². The predicted molar refractivity (Wildman–Crippen MR) is 109 cm³/mol. The molecule has 2 aromatic heterocycles. The van der Waals surface area contributed by atoms with Crippen LogP contribution in [-0.2, 0) is 9.59 Å². The highest BCUT2D eigenvalue weighted by Gasteiger charge is 2.26. The van der Waals surface area contributed by atoms with Crippen LogP contribution >= 0.6 is 11.6 Å². The molecule has 1 aliphatic rings. The SMILES string of the molecule is Cc1oc(NC(=O)CN2CCC(C(=O)Nc3ccc(Cl)cn3)CC2)c(C#N)c1C. The number of piperidine rings is 1. The Bertz CT molecular complexity index is 940. The minimum Gasteiger partial charge on any atom is -0.444 e. The summed E-state index contributed by atoms with van der Waals surface area (Å²) in [6, 6.07) is 5.39. The molecule has 2 aromatic rings. The first-order chi connectivity index (χ1) is 13.9. The summed E-state index contributed by atoms with van der Waals surface area (Å²) < 4.78 is 5.47. The Balaban J connectivity index is 1.47. The molecule has 0 radical (unpaired) electrons. The molecule has 0 unspecified atom stereocenters. The highest BCUT2D eigenvalue weighted by Crippen LogP contribution is 2.25. The van der Waals surface area contributed by atoms with Crippen molar-refractivity contribution in [3.8, 4) is 6.07 Å². The van der Waals surface area contributed by atoms with E-state index in [4.69, 9.17) is 16.0 Å². The molecule has 2 N–H and O–H groups in total. The Morgan fingerprint density at radius 3 is 2.66 bits per heavy atom. The molecule has 29 heavy (non-hydrogen) atoms. The van der Waals surface area contributed by atoms with Crippen LogP contribution in [-0.4, -0.2) is 41.3 Å². The summed E-state index contributed by atoms with van der Waals surface area (Å²) in [5.74, 6) is 0.814. The first-order valence-electron chi connectivity index (χ1n) is 9.32. The van der Waals surface area contributed by atoms with E-state index in [1.54, 1.807) is 26.0 Å². The number of aryl methyl sites for hydroxylation is 1. The van der Waals surface area contributed by atoms with Gasteiger partial charge in [-0.15, -0.1) is 0 Å². The zero-order valence-electron chi connectivity index (χ0n) is 16.3. The van der Waals surface area contributed by atoms with Crippen LogP contribution in [0.5, 0.6) is 0 Å². The summed E-state index contributed by atoms with van der Waals surface area (Å²) in [6.07, 6.45) is 2.78. The lowest BCUT2D eigenvalue weighted by molar-refractivity contribution is -0.121. The quantitative estimate of drug-likeness (QED) is 0.776. The number of halogens is 1. The molecule has 0 bridgehead atoms. The Morgan fingerprint density at radius 1 is 1.31 bits per heavy atom. The maximum atomic E-state index is 12.4. The van der Waals surface area contributed by atoms with E-state index in [1.165, 1.54) is 6.20 Å². The number of nitrogens with one attached hydrogen (secondary N) is 2.